The number of aliphatic hydroxyl groups excluding tert-OH is 1. The van der Waals surface area contributed by atoms with Crippen molar-refractivity contribution >= 4 is 17.0 Å². The van der Waals surface area contributed by atoms with Crippen molar-refractivity contribution in [2.45, 2.75) is 6.54 Å². The highest BCUT2D eigenvalue weighted by Gasteiger charge is 2.15. The molecule has 0 spiro atoms. The third-order valence-electron chi connectivity index (χ3n) is 3.36. The largest absolute Gasteiger partial charge is 0.395 e. The van der Waals surface area contributed by atoms with Crippen LogP contribution in [-0.2, 0) is 6.54 Å². The zero-order chi connectivity index (χ0) is 15.5. The number of hydrogen-bond acceptors (Lipinski definition) is 6. The Hall–Kier alpha value is -2.61. The Morgan fingerprint density at radius 3 is 2.86 bits per heavy atom. The van der Waals surface area contributed by atoms with Gasteiger partial charge in [-0.2, -0.15) is 0 Å². The van der Waals surface area contributed by atoms with E-state index in [1.165, 1.54) is 17.1 Å². The molecule has 114 valence electrons. The molecular weight excluding hydrogens is 287 g/mol. The van der Waals surface area contributed by atoms with Gasteiger partial charge >= 0.3 is 0 Å². The molecule has 1 N–H and O–H groups in total. The number of anilines is 1. The lowest BCUT2D eigenvalue weighted by Crippen LogP contribution is -2.22. The number of aromatic nitrogens is 5. The van der Waals surface area contributed by atoms with Gasteiger partial charge in [-0.3, -0.25) is 0 Å². The number of rotatable bonds is 5. The third kappa shape index (κ3) is 2.60. The Morgan fingerprint density at radius 2 is 2.09 bits per heavy atom. The number of nitrogens with zero attached hydrogens (tertiary/aromatic N) is 6. The fraction of sp³-hybridized carbons (Fsp3) is 0.286. The predicted octanol–water partition coefficient (Wildman–Crippen LogP) is 0.837. The van der Waals surface area contributed by atoms with Gasteiger partial charge in [-0.1, -0.05) is 23.4 Å². The van der Waals surface area contributed by atoms with Gasteiger partial charge in [-0.05, 0) is 6.07 Å². The average molecular weight is 302 g/mol. The molecule has 0 aliphatic heterocycles. The molecule has 7 nitrogen and oxygen atoms in total. The summed E-state index contributed by atoms with van der Waals surface area (Å²) in [6.45, 7) is 0.668. The molecule has 0 radical (unpaired) electrons. The molecule has 8 heteroatoms. The van der Waals surface area contributed by atoms with Crippen molar-refractivity contribution < 1.29 is 9.50 Å². The molecule has 0 saturated carbocycles. The monoisotopic (exact) mass is 302 g/mol. The minimum atomic E-state index is -0.294. The Labute approximate surface area is 126 Å². The summed E-state index contributed by atoms with van der Waals surface area (Å²) in [6.07, 6.45) is 1.41. The van der Waals surface area contributed by atoms with E-state index in [0.29, 0.717) is 29.1 Å². The van der Waals surface area contributed by atoms with Crippen LogP contribution >= 0.6 is 0 Å². The molecule has 0 fully saturated rings. The lowest BCUT2D eigenvalue weighted by atomic mass is 10.2. The second-order valence-corrected chi connectivity index (χ2v) is 4.85. The first kappa shape index (κ1) is 14.3. The Bertz CT molecular complexity index is 790. The van der Waals surface area contributed by atoms with E-state index in [9.17, 15) is 4.39 Å². The summed E-state index contributed by atoms with van der Waals surface area (Å²) in [5.41, 5.74) is 1.56. The topological polar surface area (TPSA) is 80.0 Å². The van der Waals surface area contributed by atoms with E-state index < -0.39 is 0 Å². The fourth-order valence-electron chi connectivity index (χ4n) is 2.21. The van der Waals surface area contributed by atoms with E-state index in [0.717, 1.165) is 0 Å². The smallest absolute Gasteiger partial charge is 0.184 e. The Kier molecular flexibility index (Phi) is 3.92. The molecule has 0 amide bonds. The van der Waals surface area contributed by atoms with Gasteiger partial charge in [-0.25, -0.2) is 19.0 Å². The van der Waals surface area contributed by atoms with Crippen LogP contribution in [0.2, 0.25) is 0 Å². The van der Waals surface area contributed by atoms with Crippen LogP contribution in [0.4, 0.5) is 10.2 Å². The van der Waals surface area contributed by atoms with Crippen LogP contribution in [0.3, 0.4) is 0 Å². The summed E-state index contributed by atoms with van der Waals surface area (Å²) in [5.74, 6) is 0.289. The normalized spacial score (nSPS) is 11.0. The summed E-state index contributed by atoms with van der Waals surface area (Å²) in [6, 6.07) is 6.52. The number of benzene rings is 1. The molecule has 3 aromatic rings. The molecule has 0 unspecified atom stereocenters. The minimum Gasteiger partial charge on any atom is -0.395 e. The first-order chi connectivity index (χ1) is 10.7. The number of hydrogen-bond donors (Lipinski definition) is 1. The maximum atomic E-state index is 13.8. The summed E-state index contributed by atoms with van der Waals surface area (Å²) < 4.78 is 15.3. The number of halogens is 1. The summed E-state index contributed by atoms with van der Waals surface area (Å²) in [7, 11) is 1.80. The zero-order valence-corrected chi connectivity index (χ0v) is 12.0. The number of fused-ring (bicyclic) bond motifs is 1. The van der Waals surface area contributed by atoms with Crippen molar-refractivity contribution in [1.29, 1.82) is 0 Å². The maximum Gasteiger partial charge on any atom is 0.184 e. The van der Waals surface area contributed by atoms with Crippen molar-refractivity contribution in [1.82, 2.24) is 25.0 Å². The van der Waals surface area contributed by atoms with Gasteiger partial charge in [0, 0.05) is 19.2 Å². The molecule has 1 aromatic carbocycles. The minimum absolute atomic E-state index is 0.00532. The van der Waals surface area contributed by atoms with Crippen molar-refractivity contribution in [3.63, 3.8) is 0 Å². The molecule has 0 aliphatic carbocycles. The summed E-state index contributed by atoms with van der Waals surface area (Å²) >= 11 is 0. The van der Waals surface area contributed by atoms with E-state index in [1.54, 1.807) is 30.1 Å². The van der Waals surface area contributed by atoms with Crippen LogP contribution < -0.4 is 4.90 Å². The van der Waals surface area contributed by atoms with Crippen LogP contribution in [0.5, 0.6) is 0 Å². The molecule has 2 heterocycles. The summed E-state index contributed by atoms with van der Waals surface area (Å²) in [5, 5.41) is 17.2. The standard InChI is InChI=1S/C14H15FN6O/c1-20(6-7-22)13-12-14(17-9-16-13)21(19-18-12)8-10-4-2-3-5-11(10)15/h2-5,9,22H,6-8H2,1H3. The van der Waals surface area contributed by atoms with E-state index in [1.807, 2.05) is 0 Å². The second-order valence-electron chi connectivity index (χ2n) is 4.85. The van der Waals surface area contributed by atoms with Crippen molar-refractivity contribution in [2.75, 3.05) is 25.1 Å². The van der Waals surface area contributed by atoms with Crippen molar-refractivity contribution in [3.05, 3.63) is 42.0 Å². The molecule has 2 aromatic heterocycles. The highest BCUT2D eigenvalue weighted by Crippen LogP contribution is 2.20. The van der Waals surface area contributed by atoms with Gasteiger partial charge in [0.2, 0.25) is 0 Å². The van der Waals surface area contributed by atoms with Gasteiger partial charge in [-0.15, -0.1) is 5.10 Å². The van der Waals surface area contributed by atoms with Crippen LogP contribution in [0.1, 0.15) is 5.56 Å². The molecule has 0 bridgehead atoms. The molecule has 0 atom stereocenters. The van der Waals surface area contributed by atoms with Crippen molar-refractivity contribution in [3.8, 4) is 0 Å². The third-order valence-corrected chi connectivity index (χ3v) is 3.36. The van der Waals surface area contributed by atoms with E-state index >= 15 is 0 Å². The lowest BCUT2D eigenvalue weighted by Gasteiger charge is -2.15. The van der Waals surface area contributed by atoms with Gasteiger partial charge in [0.05, 0.1) is 13.2 Å². The highest BCUT2D eigenvalue weighted by atomic mass is 19.1. The first-order valence-corrected chi connectivity index (χ1v) is 6.80. The van der Waals surface area contributed by atoms with Gasteiger partial charge in [0.25, 0.3) is 0 Å². The predicted molar refractivity (Wildman–Crippen MR) is 79.0 cm³/mol. The Balaban J connectivity index is 1.99. The average Bonchev–Trinajstić information content (AvgIpc) is 2.93. The molecule has 3 rings (SSSR count). The maximum absolute atomic E-state index is 13.8. The van der Waals surface area contributed by atoms with Gasteiger partial charge in [0.1, 0.15) is 12.1 Å². The SMILES string of the molecule is CN(CCO)c1ncnc2c1nnn2Cc1ccccc1F. The molecular formula is C14H15FN6O. The number of likely N-dealkylation sites (N-methyl/N-ethyl adjacent to an activating group) is 1. The van der Waals surface area contributed by atoms with Crippen LogP contribution in [-0.4, -0.2) is 50.3 Å². The second kappa shape index (κ2) is 6.02. The van der Waals surface area contributed by atoms with Crippen molar-refractivity contribution in [2.24, 2.45) is 0 Å². The first-order valence-electron chi connectivity index (χ1n) is 6.80. The van der Waals surface area contributed by atoms with E-state index in [2.05, 4.69) is 20.3 Å². The van der Waals surface area contributed by atoms with E-state index in [4.69, 9.17) is 5.11 Å². The number of aliphatic hydroxyl groups is 1. The van der Waals surface area contributed by atoms with Crippen LogP contribution in [0.25, 0.3) is 11.2 Å². The highest BCUT2D eigenvalue weighted by molar-refractivity contribution is 5.82. The van der Waals surface area contributed by atoms with Gasteiger partial charge in [0.15, 0.2) is 17.0 Å². The van der Waals surface area contributed by atoms with E-state index in [-0.39, 0.29) is 19.0 Å². The Morgan fingerprint density at radius 1 is 1.27 bits per heavy atom. The lowest BCUT2D eigenvalue weighted by molar-refractivity contribution is 0.304. The van der Waals surface area contributed by atoms with Gasteiger partial charge < -0.3 is 10.0 Å². The van der Waals surface area contributed by atoms with Crippen LogP contribution in [0.15, 0.2) is 30.6 Å². The zero-order valence-electron chi connectivity index (χ0n) is 12.0. The molecule has 22 heavy (non-hydrogen) atoms. The fourth-order valence-corrected chi connectivity index (χ4v) is 2.21. The quantitative estimate of drug-likeness (QED) is 0.752. The molecule has 0 aliphatic rings. The molecule has 0 saturated heterocycles. The van der Waals surface area contributed by atoms with Crippen LogP contribution in [0, 0.1) is 5.82 Å². The summed E-state index contributed by atoms with van der Waals surface area (Å²) in [4.78, 5) is 10.1.